The number of amides is 1. The topological polar surface area (TPSA) is 66.5 Å². The number of rotatable bonds is 8. The summed E-state index contributed by atoms with van der Waals surface area (Å²) in [7, 11) is -3.84. The minimum atomic E-state index is -3.84. The number of sulfonamides is 1. The zero-order valence-corrected chi connectivity index (χ0v) is 16.4. The molecule has 0 aliphatic heterocycles. The first-order valence-electron chi connectivity index (χ1n) is 8.42. The Balaban J connectivity index is 2.29. The van der Waals surface area contributed by atoms with Gasteiger partial charge in [-0.3, -0.25) is 4.79 Å². The van der Waals surface area contributed by atoms with Gasteiger partial charge in [0.2, 0.25) is 15.9 Å². The molecule has 0 aliphatic rings. The highest BCUT2D eigenvalue weighted by Crippen LogP contribution is 2.20. The average molecular weight is 395 g/mol. The number of nitrogens with one attached hydrogen (secondary N) is 1. The van der Waals surface area contributed by atoms with Crippen molar-refractivity contribution in [1.82, 2.24) is 9.62 Å². The first kappa shape index (κ1) is 20.4. The number of nitrogens with zero attached hydrogens (tertiary/aromatic N) is 1. The third-order valence-electron chi connectivity index (χ3n) is 3.99. The summed E-state index contributed by atoms with van der Waals surface area (Å²) in [5.74, 6) is -0.326. The molecule has 1 amide bonds. The lowest BCUT2D eigenvalue weighted by Gasteiger charge is -2.23. The summed E-state index contributed by atoms with van der Waals surface area (Å²) in [6, 6.07) is 15.1. The second-order valence-corrected chi connectivity index (χ2v) is 8.46. The molecule has 0 saturated carbocycles. The van der Waals surface area contributed by atoms with Crippen LogP contribution in [-0.2, 0) is 21.4 Å². The lowest BCUT2D eigenvalue weighted by Crippen LogP contribution is -2.43. The normalized spacial score (nSPS) is 12.8. The van der Waals surface area contributed by atoms with Crippen molar-refractivity contribution in [1.29, 1.82) is 0 Å². The van der Waals surface area contributed by atoms with E-state index in [1.54, 1.807) is 0 Å². The summed E-state index contributed by atoms with van der Waals surface area (Å²) in [5.41, 5.74) is 0.807. The van der Waals surface area contributed by atoms with Crippen molar-refractivity contribution in [3.05, 3.63) is 65.2 Å². The van der Waals surface area contributed by atoms with E-state index in [0.717, 1.165) is 12.0 Å². The standard InChI is InChI=1S/C19H23ClN2O3S/c1-3-15(2)21-19(23)14-22(13-16-7-5-4-6-8-16)26(24,25)18-11-9-17(20)10-12-18/h4-12,15H,3,13-14H2,1-2H3,(H,21,23)/t15-/m1/s1. The van der Waals surface area contributed by atoms with E-state index in [9.17, 15) is 13.2 Å². The number of carbonyl (C=O) groups excluding carboxylic acids is 1. The quantitative estimate of drug-likeness (QED) is 0.745. The Morgan fingerprint density at radius 1 is 1.12 bits per heavy atom. The summed E-state index contributed by atoms with van der Waals surface area (Å²) < 4.78 is 27.3. The highest BCUT2D eigenvalue weighted by molar-refractivity contribution is 7.89. The summed E-state index contributed by atoms with van der Waals surface area (Å²) in [5, 5.41) is 3.26. The van der Waals surface area contributed by atoms with Gasteiger partial charge in [0.05, 0.1) is 11.4 Å². The molecule has 5 nitrogen and oxygen atoms in total. The monoisotopic (exact) mass is 394 g/mol. The molecule has 2 aromatic carbocycles. The lowest BCUT2D eigenvalue weighted by molar-refractivity contribution is -0.122. The zero-order chi connectivity index (χ0) is 19.2. The van der Waals surface area contributed by atoms with Gasteiger partial charge < -0.3 is 5.32 Å². The minimum Gasteiger partial charge on any atom is -0.353 e. The Labute approximate surface area is 160 Å². The van der Waals surface area contributed by atoms with Crippen molar-refractivity contribution >= 4 is 27.5 Å². The molecule has 0 saturated heterocycles. The third-order valence-corrected chi connectivity index (χ3v) is 6.05. The number of benzene rings is 2. The average Bonchev–Trinajstić information content (AvgIpc) is 2.62. The van der Waals surface area contributed by atoms with E-state index >= 15 is 0 Å². The predicted octanol–water partition coefficient (Wildman–Crippen LogP) is 3.45. The van der Waals surface area contributed by atoms with Gasteiger partial charge in [-0.1, -0.05) is 48.9 Å². The molecule has 0 aromatic heterocycles. The molecule has 0 aliphatic carbocycles. The van der Waals surface area contributed by atoms with Crippen molar-refractivity contribution in [2.24, 2.45) is 0 Å². The molecule has 7 heteroatoms. The van der Waals surface area contributed by atoms with Gasteiger partial charge >= 0.3 is 0 Å². The van der Waals surface area contributed by atoms with Crippen LogP contribution in [0.15, 0.2) is 59.5 Å². The Morgan fingerprint density at radius 3 is 2.31 bits per heavy atom. The van der Waals surface area contributed by atoms with E-state index in [1.165, 1.54) is 28.6 Å². The van der Waals surface area contributed by atoms with E-state index in [-0.39, 0.29) is 29.9 Å². The summed E-state index contributed by atoms with van der Waals surface area (Å²) in [6.45, 7) is 3.70. The second-order valence-electron chi connectivity index (χ2n) is 6.09. The van der Waals surface area contributed by atoms with E-state index in [4.69, 9.17) is 11.6 Å². The van der Waals surface area contributed by atoms with Crippen LogP contribution >= 0.6 is 11.6 Å². The van der Waals surface area contributed by atoms with Crippen LogP contribution in [0.4, 0.5) is 0 Å². The molecule has 26 heavy (non-hydrogen) atoms. The molecule has 1 atom stereocenters. The number of hydrogen-bond acceptors (Lipinski definition) is 3. The molecule has 2 rings (SSSR count). The molecule has 0 spiro atoms. The van der Waals surface area contributed by atoms with Gasteiger partial charge in [-0.15, -0.1) is 0 Å². The van der Waals surface area contributed by atoms with Crippen molar-refractivity contribution in [3.8, 4) is 0 Å². The summed E-state index contributed by atoms with van der Waals surface area (Å²) in [6.07, 6.45) is 0.772. The Hall–Kier alpha value is -1.89. The minimum absolute atomic E-state index is 0.0145. The van der Waals surface area contributed by atoms with Crippen LogP contribution in [0.25, 0.3) is 0 Å². The van der Waals surface area contributed by atoms with Crippen LogP contribution in [0, 0.1) is 0 Å². The van der Waals surface area contributed by atoms with Gasteiger partial charge in [0.25, 0.3) is 0 Å². The van der Waals surface area contributed by atoms with Gasteiger partial charge in [0.15, 0.2) is 0 Å². The highest BCUT2D eigenvalue weighted by atomic mass is 35.5. The maximum absolute atomic E-state index is 13.0. The molecular formula is C19H23ClN2O3S. The van der Waals surface area contributed by atoms with Crippen molar-refractivity contribution in [2.75, 3.05) is 6.54 Å². The fourth-order valence-corrected chi connectivity index (χ4v) is 3.86. The first-order valence-corrected chi connectivity index (χ1v) is 10.2. The van der Waals surface area contributed by atoms with Gasteiger partial charge in [-0.2, -0.15) is 4.31 Å². The van der Waals surface area contributed by atoms with Gasteiger partial charge in [-0.25, -0.2) is 8.42 Å². The Morgan fingerprint density at radius 2 is 1.73 bits per heavy atom. The van der Waals surface area contributed by atoms with Crippen LogP contribution in [-0.4, -0.2) is 31.2 Å². The molecular weight excluding hydrogens is 372 g/mol. The molecule has 0 bridgehead atoms. The lowest BCUT2D eigenvalue weighted by atomic mass is 10.2. The van der Waals surface area contributed by atoms with Gasteiger partial charge in [0, 0.05) is 17.6 Å². The third kappa shape index (κ3) is 5.56. The van der Waals surface area contributed by atoms with Crippen LogP contribution in [0.2, 0.25) is 5.02 Å². The molecule has 0 radical (unpaired) electrons. The largest absolute Gasteiger partial charge is 0.353 e. The number of carbonyl (C=O) groups is 1. The summed E-state index contributed by atoms with van der Waals surface area (Å²) >= 11 is 5.86. The first-order chi connectivity index (χ1) is 12.3. The smallest absolute Gasteiger partial charge is 0.243 e. The van der Waals surface area contributed by atoms with Crippen molar-refractivity contribution in [2.45, 2.75) is 37.8 Å². The molecule has 0 fully saturated rings. The van der Waals surface area contributed by atoms with Crippen molar-refractivity contribution < 1.29 is 13.2 Å². The SMILES string of the molecule is CC[C@@H](C)NC(=O)CN(Cc1ccccc1)S(=O)(=O)c1ccc(Cl)cc1. The summed E-state index contributed by atoms with van der Waals surface area (Å²) in [4.78, 5) is 12.4. The molecule has 140 valence electrons. The zero-order valence-electron chi connectivity index (χ0n) is 14.9. The predicted molar refractivity (Wildman–Crippen MR) is 103 cm³/mol. The number of hydrogen-bond donors (Lipinski definition) is 1. The Bertz CT molecular complexity index is 824. The van der Waals surface area contributed by atoms with E-state index in [0.29, 0.717) is 5.02 Å². The highest BCUT2D eigenvalue weighted by Gasteiger charge is 2.27. The second kappa shape index (κ2) is 9.16. The van der Waals surface area contributed by atoms with Crippen molar-refractivity contribution in [3.63, 3.8) is 0 Å². The molecule has 0 heterocycles. The van der Waals surface area contributed by atoms with Crippen LogP contribution in [0.5, 0.6) is 0 Å². The van der Waals surface area contributed by atoms with Gasteiger partial charge in [-0.05, 0) is 43.2 Å². The fraction of sp³-hybridized carbons (Fsp3) is 0.316. The Kier molecular flexibility index (Phi) is 7.20. The van der Waals surface area contributed by atoms with E-state index in [2.05, 4.69) is 5.32 Å². The molecule has 2 aromatic rings. The molecule has 0 unspecified atom stereocenters. The van der Waals surface area contributed by atoms with Gasteiger partial charge in [0.1, 0.15) is 0 Å². The maximum atomic E-state index is 13.0. The molecule has 1 N–H and O–H groups in total. The van der Waals surface area contributed by atoms with Crippen LogP contribution < -0.4 is 5.32 Å². The van der Waals surface area contributed by atoms with E-state index < -0.39 is 10.0 Å². The van der Waals surface area contributed by atoms with E-state index in [1.807, 2.05) is 44.2 Å². The maximum Gasteiger partial charge on any atom is 0.243 e. The van der Waals surface area contributed by atoms with Crippen LogP contribution in [0.1, 0.15) is 25.8 Å². The number of halogens is 1. The van der Waals surface area contributed by atoms with Crippen LogP contribution in [0.3, 0.4) is 0 Å². The fourth-order valence-electron chi connectivity index (χ4n) is 2.35.